The lowest BCUT2D eigenvalue weighted by atomic mass is 10.0. The molecular weight excluding hydrogens is 395 g/mol. The standard InChI is InChI=1S/C21H30ClN2O3P/c22-21-15-20(17-23-13-8-14-27-28(25)26)24-16-19(21)12-7-2-1-4-9-18-10-5-3-6-11-18/h3,5-6,10-11,15-16,23,28H,1-2,4,7-9,12-14,17H2,(H,25,26). The maximum Gasteiger partial charge on any atom is 0.316 e. The van der Waals surface area contributed by atoms with E-state index in [0.717, 1.165) is 35.5 Å². The van der Waals surface area contributed by atoms with Crippen LogP contribution in [-0.2, 0) is 28.5 Å². The first kappa shape index (κ1) is 23.1. The van der Waals surface area contributed by atoms with E-state index in [0.29, 0.717) is 19.5 Å². The summed E-state index contributed by atoms with van der Waals surface area (Å²) in [5.74, 6) is 0. The Bertz CT molecular complexity index is 716. The molecule has 0 aliphatic heterocycles. The van der Waals surface area contributed by atoms with Crippen molar-refractivity contribution in [2.24, 2.45) is 0 Å². The number of nitrogens with one attached hydrogen (secondary N) is 1. The molecule has 28 heavy (non-hydrogen) atoms. The number of aryl methyl sites for hydroxylation is 2. The Morgan fingerprint density at radius 3 is 2.54 bits per heavy atom. The number of benzene rings is 1. The molecule has 1 aromatic heterocycles. The molecule has 0 radical (unpaired) electrons. The van der Waals surface area contributed by atoms with Crippen LogP contribution in [0.1, 0.15) is 48.9 Å². The SMILES string of the molecule is O=[PH](O)OCCCNCc1cc(Cl)c(CCCCCCc2ccccc2)cn1. The van der Waals surface area contributed by atoms with Crippen molar-refractivity contribution in [3.05, 3.63) is 64.4 Å². The Morgan fingerprint density at radius 1 is 1.07 bits per heavy atom. The second-order valence-electron chi connectivity index (χ2n) is 6.81. The average molecular weight is 425 g/mol. The molecule has 0 saturated heterocycles. The van der Waals surface area contributed by atoms with Crippen LogP contribution >= 0.6 is 19.9 Å². The molecule has 0 fully saturated rings. The molecule has 2 rings (SSSR count). The molecule has 1 atom stereocenters. The van der Waals surface area contributed by atoms with Gasteiger partial charge in [0.1, 0.15) is 0 Å². The van der Waals surface area contributed by atoms with Crippen molar-refractivity contribution in [3.8, 4) is 0 Å². The molecule has 0 aliphatic rings. The number of unbranched alkanes of at least 4 members (excludes halogenated alkanes) is 3. The van der Waals surface area contributed by atoms with Gasteiger partial charge in [-0.25, -0.2) is 0 Å². The van der Waals surface area contributed by atoms with Crippen LogP contribution in [0.3, 0.4) is 0 Å². The predicted molar refractivity (Wildman–Crippen MR) is 115 cm³/mol. The molecule has 2 aromatic rings. The number of pyridine rings is 1. The molecule has 0 spiro atoms. The summed E-state index contributed by atoms with van der Waals surface area (Å²) in [6.45, 7) is 1.59. The van der Waals surface area contributed by atoms with E-state index in [1.807, 2.05) is 12.3 Å². The summed E-state index contributed by atoms with van der Waals surface area (Å²) < 4.78 is 15.1. The van der Waals surface area contributed by atoms with Crippen molar-refractivity contribution in [3.63, 3.8) is 0 Å². The summed E-state index contributed by atoms with van der Waals surface area (Å²) in [6, 6.07) is 12.5. The maximum absolute atomic E-state index is 10.4. The highest BCUT2D eigenvalue weighted by Crippen LogP contribution is 2.19. The summed E-state index contributed by atoms with van der Waals surface area (Å²) in [5, 5.41) is 4.00. The second kappa shape index (κ2) is 13.9. The van der Waals surface area contributed by atoms with E-state index < -0.39 is 8.25 Å². The van der Waals surface area contributed by atoms with Crippen LogP contribution < -0.4 is 5.32 Å². The summed E-state index contributed by atoms with van der Waals surface area (Å²) in [6.07, 6.45) is 9.45. The minimum atomic E-state index is -2.82. The van der Waals surface area contributed by atoms with Crippen LogP contribution in [0.15, 0.2) is 42.6 Å². The van der Waals surface area contributed by atoms with Gasteiger partial charge in [-0.05, 0) is 55.8 Å². The lowest BCUT2D eigenvalue weighted by Crippen LogP contribution is -2.16. The van der Waals surface area contributed by atoms with Crippen LogP contribution in [0.2, 0.25) is 5.02 Å². The van der Waals surface area contributed by atoms with Crippen molar-refractivity contribution in [1.29, 1.82) is 0 Å². The normalized spacial score (nSPS) is 12.2. The maximum atomic E-state index is 10.4. The van der Waals surface area contributed by atoms with Crippen molar-refractivity contribution < 1.29 is 14.0 Å². The first-order valence-corrected chi connectivity index (χ1v) is 11.5. The number of aromatic nitrogens is 1. The summed E-state index contributed by atoms with van der Waals surface area (Å²) in [4.78, 5) is 13.1. The third-order valence-electron chi connectivity index (χ3n) is 4.52. The Labute approximate surface area is 173 Å². The Balaban J connectivity index is 1.58. The summed E-state index contributed by atoms with van der Waals surface area (Å²) in [7, 11) is -2.82. The molecule has 0 amide bonds. The Hall–Kier alpha value is -1.23. The van der Waals surface area contributed by atoms with E-state index in [-0.39, 0.29) is 6.61 Å². The smallest absolute Gasteiger partial charge is 0.316 e. The molecule has 1 heterocycles. The molecule has 0 aliphatic carbocycles. The number of hydrogen-bond acceptors (Lipinski definition) is 4. The van der Waals surface area contributed by atoms with Crippen LogP contribution in [0, 0.1) is 0 Å². The summed E-state index contributed by atoms with van der Waals surface area (Å²) >= 11 is 6.40. The van der Waals surface area contributed by atoms with Gasteiger partial charge in [0, 0.05) is 17.8 Å². The first-order chi connectivity index (χ1) is 13.6. The number of halogens is 1. The van der Waals surface area contributed by atoms with Gasteiger partial charge in [0.15, 0.2) is 0 Å². The quantitative estimate of drug-likeness (QED) is 0.331. The van der Waals surface area contributed by atoms with Gasteiger partial charge < -0.3 is 14.7 Å². The van der Waals surface area contributed by atoms with Gasteiger partial charge in [-0.15, -0.1) is 0 Å². The molecule has 0 saturated carbocycles. The number of nitrogens with zero attached hydrogens (tertiary/aromatic N) is 1. The fourth-order valence-corrected chi connectivity index (χ4v) is 3.58. The van der Waals surface area contributed by atoms with E-state index in [9.17, 15) is 4.57 Å². The van der Waals surface area contributed by atoms with Crippen molar-refractivity contribution in [2.75, 3.05) is 13.2 Å². The Kier molecular flexibility index (Phi) is 11.4. The average Bonchev–Trinajstić information content (AvgIpc) is 2.69. The zero-order valence-electron chi connectivity index (χ0n) is 16.2. The molecule has 0 bridgehead atoms. The minimum Gasteiger partial charge on any atom is -0.326 e. The highest BCUT2D eigenvalue weighted by Gasteiger charge is 2.04. The fraction of sp³-hybridized carbons (Fsp3) is 0.476. The van der Waals surface area contributed by atoms with Gasteiger partial charge in [-0.3, -0.25) is 9.55 Å². The van der Waals surface area contributed by atoms with Gasteiger partial charge in [-0.2, -0.15) is 0 Å². The second-order valence-corrected chi connectivity index (χ2v) is 8.04. The topological polar surface area (TPSA) is 71.5 Å². The third kappa shape index (κ3) is 9.81. The van der Waals surface area contributed by atoms with Gasteiger partial charge in [0.25, 0.3) is 0 Å². The third-order valence-corrected chi connectivity index (χ3v) is 5.32. The lowest BCUT2D eigenvalue weighted by Gasteiger charge is -2.08. The van der Waals surface area contributed by atoms with Crippen LogP contribution in [0.25, 0.3) is 0 Å². The van der Waals surface area contributed by atoms with Crippen molar-refractivity contribution in [2.45, 2.75) is 51.5 Å². The van der Waals surface area contributed by atoms with Crippen molar-refractivity contribution in [1.82, 2.24) is 10.3 Å². The van der Waals surface area contributed by atoms with Gasteiger partial charge in [0.05, 0.1) is 12.3 Å². The van der Waals surface area contributed by atoms with E-state index in [1.165, 1.54) is 24.8 Å². The van der Waals surface area contributed by atoms with Crippen molar-refractivity contribution >= 4 is 19.9 Å². The number of hydrogen-bond donors (Lipinski definition) is 2. The first-order valence-electron chi connectivity index (χ1n) is 9.89. The van der Waals surface area contributed by atoms with Crippen LogP contribution in [0.5, 0.6) is 0 Å². The molecule has 1 unspecified atom stereocenters. The van der Waals surface area contributed by atoms with Crippen LogP contribution in [0.4, 0.5) is 0 Å². The minimum absolute atomic E-state index is 0.278. The fourth-order valence-electron chi connectivity index (χ4n) is 3.00. The molecule has 5 nitrogen and oxygen atoms in total. The zero-order valence-corrected chi connectivity index (χ0v) is 18.0. The highest BCUT2D eigenvalue weighted by atomic mass is 35.5. The van der Waals surface area contributed by atoms with Gasteiger partial charge >= 0.3 is 8.25 Å². The molecule has 7 heteroatoms. The molecule has 1 aromatic carbocycles. The van der Waals surface area contributed by atoms with Crippen LogP contribution in [-0.4, -0.2) is 23.0 Å². The predicted octanol–water partition coefficient (Wildman–Crippen LogP) is 4.96. The van der Waals surface area contributed by atoms with E-state index >= 15 is 0 Å². The van der Waals surface area contributed by atoms with E-state index in [4.69, 9.17) is 16.5 Å². The number of rotatable bonds is 14. The highest BCUT2D eigenvalue weighted by molar-refractivity contribution is 7.32. The Morgan fingerprint density at radius 2 is 1.82 bits per heavy atom. The lowest BCUT2D eigenvalue weighted by molar-refractivity contribution is 0.276. The zero-order chi connectivity index (χ0) is 20.0. The molecular formula is C21H30ClN2O3P. The van der Waals surface area contributed by atoms with Gasteiger partial charge in [0.2, 0.25) is 0 Å². The summed E-state index contributed by atoms with van der Waals surface area (Å²) in [5.41, 5.74) is 3.42. The molecule has 154 valence electrons. The largest absolute Gasteiger partial charge is 0.326 e. The van der Waals surface area contributed by atoms with Gasteiger partial charge in [-0.1, -0.05) is 54.8 Å². The monoisotopic (exact) mass is 424 g/mol. The van der Waals surface area contributed by atoms with E-state index in [1.54, 1.807) is 0 Å². The molecule has 2 N–H and O–H groups in total. The van der Waals surface area contributed by atoms with E-state index in [2.05, 4.69) is 45.2 Å².